The molecular weight excluding hydrogens is 434 g/mol. The minimum Gasteiger partial charge on any atom is -0.493 e. The molecule has 0 amide bonds. The Kier molecular flexibility index (Phi) is 10.0. The van der Waals surface area contributed by atoms with Crippen molar-refractivity contribution in [3.63, 3.8) is 0 Å². The van der Waals surface area contributed by atoms with E-state index in [1.165, 1.54) is 0 Å². The highest BCUT2D eigenvalue weighted by Crippen LogP contribution is 2.28. The number of ether oxygens (including phenoxy) is 3. The lowest BCUT2D eigenvalue weighted by atomic mass is 10.1. The zero-order chi connectivity index (χ0) is 24.2. The van der Waals surface area contributed by atoms with Crippen LogP contribution in [0.15, 0.2) is 65.3 Å². The van der Waals surface area contributed by atoms with Crippen molar-refractivity contribution in [1.82, 2.24) is 4.90 Å². The van der Waals surface area contributed by atoms with Crippen LogP contribution in [0, 0.1) is 0 Å². The molecule has 0 radical (unpaired) electrons. The van der Waals surface area contributed by atoms with E-state index in [2.05, 4.69) is 11.8 Å². The van der Waals surface area contributed by atoms with Crippen molar-refractivity contribution >= 4 is 6.29 Å². The Morgan fingerprint density at radius 2 is 1.82 bits per heavy atom. The van der Waals surface area contributed by atoms with E-state index in [0.29, 0.717) is 49.9 Å². The first-order valence-corrected chi connectivity index (χ1v) is 11.6. The van der Waals surface area contributed by atoms with E-state index in [4.69, 9.17) is 18.6 Å². The fraction of sp³-hybridized carbons (Fsp3) is 0.370. The third-order valence-corrected chi connectivity index (χ3v) is 5.09. The molecule has 0 fully saturated rings. The maximum absolute atomic E-state index is 11.1. The summed E-state index contributed by atoms with van der Waals surface area (Å²) in [6.45, 7) is 6.57. The van der Waals surface area contributed by atoms with Crippen LogP contribution in [0.1, 0.15) is 41.9 Å². The van der Waals surface area contributed by atoms with E-state index in [1.807, 2.05) is 43.3 Å². The minimum atomic E-state index is -0.765. The molecule has 3 aromatic rings. The predicted octanol–water partition coefficient (Wildman–Crippen LogP) is 4.72. The first kappa shape index (κ1) is 25.3. The average Bonchev–Trinajstić information content (AvgIpc) is 3.36. The summed E-state index contributed by atoms with van der Waals surface area (Å²) >= 11 is 0. The van der Waals surface area contributed by atoms with Crippen LogP contribution in [0.25, 0.3) is 0 Å². The van der Waals surface area contributed by atoms with E-state index >= 15 is 0 Å². The second-order valence-corrected chi connectivity index (χ2v) is 7.93. The number of benzene rings is 2. The van der Waals surface area contributed by atoms with Gasteiger partial charge < -0.3 is 23.7 Å². The Labute approximate surface area is 200 Å². The molecule has 1 aromatic heterocycles. The summed E-state index contributed by atoms with van der Waals surface area (Å²) in [6.07, 6.45) is 2.57. The number of aliphatic hydroxyl groups is 1. The van der Waals surface area contributed by atoms with E-state index in [1.54, 1.807) is 24.5 Å². The molecule has 0 aliphatic heterocycles. The summed E-state index contributed by atoms with van der Waals surface area (Å²) < 4.78 is 22.9. The largest absolute Gasteiger partial charge is 0.493 e. The minimum absolute atomic E-state index is 0.0726. The normalized spacial score (nSPS) is 11.9. The number of aliphatic hydroxyl groups excluding tert-OH is 1. The van der Waals surface area contributed by atoms with Gasteiger partial charge in [-0.2, -0.15) is 0 Å². The molecule has 0 spiro atoms. The first-order chi connectivity index (χ1) is 16.6. The summed E-state index contributed by atoms with van der Waals surface area (Å²) in [5, 5.41) is 10.8. The highest BCUT2D eigenvalue weighted by Gasteiger charge is 2.18. The zero-order valence-electron chi connectivity index (χ0n) is 19.8. The quantitative estimate of drug-likeness (QED) is 0.324. The summed E-state index contributed by atoms with van der Waals surface area (Å²) in [4.78, 5) is 13.2. The van der Waals surface area contributed by atoms with Crippen LogP contribution in [-0.2, 0) is 13.1 Å². The Morgan fingerprint density at radius 1 is 0.971 bits per heavy atom. The SMILES string of the molecule is CCCOc1ccccc1CN(Cc1ccco1)CC(O)COc1ccc(C=O)cc1OCC. The van der Waals surface area contributed by atoms with Crippen molar-refractivity contribution in [2.45, 2.75) is 39.5 Å². The van der Waals surface area contributed by atoms with Gasteiger partial charge in [-0.15, -0.1) is 0 Å². The van der Waals surface area contributed by atoms with E-state index in [0.717, 1.165) is 29.8 Å². The fourth-order valence-electron chi connectivity index (χ4n) is 3.56. The van der Waals surface area contributed by atoms with Gasteiger partial charge in [-0.1, -0.05) is 25.1 Å². The molecule has 2 aromatic carbocycles. The molecule has 34 heavy (non-hydrogen) atoms. The Hall–Kier alpha value is -3.29. The van der Waals surface area contributed by atoms with Gasteiger partial charge >= 0.3 is 0 Å². The van der Waals surface area contributed by atoms with Gasteiger partial charge in [0.05, 0.1) is 26.0 Å². The summed E-state index contributed by atoms with van der Waals surface area (Å²) in [6, 6.07) is 16.7. The van der Waals surface area contributed by atoms with Crippen LogP contribution in [0.2, 0.25) is 0 Å². The molecule has 1 unspecified atom stereocenters. The van der Waals surface area contributed by atoms with Gasteiger partial charge in [-0.05, 0) is 49.7 Å². The van der Waals surface area contributed by atoms with Crippen LogP contribution in [0.3, 0.4) is 0 Å². The number of hydrogen-bond donors (Lipinski definition) is 1. The van der Waals surface area contributed by atoms with Gasteiger partial charge in [0.2, 0.25) is 0 Å². The van der Waals surface area contributed by atoms with Crippen molar-refractivity contribution in [1.29, 1.82) is 0 Å². The van der Waals surface area contributed by atoms with E-state index in [9.17, 15) is 9.90 Å². The maximum Gasteiger partial charge on any atom is 0.161 e. The van der Waals surface area contributed by atoms with Crippen LogP contribution < -0.4 is 14.2 Å². The van der Waals surface area contributed by atoms with Gasteiger partial charge in [0.15, 0.2) is 11.5 Å². The van der Waals surface area contributed by atoms with Crippen LogP contribution in [-0.4, -0.2) is 48.8 Å². The van der Waals surface area contributed by atoms with Crippen LogP contribution in [0.4, 0.5) is 0 Å². The molecule has 0 saturated carbocycles. The third kappa shape index (κ3) is 7.64. The van der Waals surface area contributed by atoms with Crippen LogP contribution >= 0.6 is 0 Å². The summed E-state index contributed by atoms with van der Waals surface area (Å²) in [5.74, 6) is 2.62. The number of rotatable bonds is 15. The number of carbonyl (C=O) groups excluding carboxylic acids is 1. The molecular formula is C27H33NO6. The number of carbonyl (C=O) groups is 1. The number of hydrogen-bond acceptors (Lipinski definition) is 7. The van der Waals surface area contributed by atoms with Gasteiger partial charge in [0, 0.05) is 24.2 Å². The smallest absolute Gasteiger partial charge is 0.161 e. The second-order valence-electron chi connectivity index (χ2n) is 7.93. The molecule has 7 nitrogen and oxygen atoms in total. The lowest BCUT2D eigenvalue weighted by Gasteiger charge is -2.25. The van der Waals surface area contributed by atoms with Gasteiger partial charge in [-0.3, -0.25) is 9.69 Å². The fourth-order valence-corrected chi connectivity index (χ4v) is 3.56. The van der Waals surface area contributed by atoms with E-state index < -0.39 is 6.10 Å². The topological polar surface area (TPSA) is 81.4 Å². The maximum atomic E-state index is 11.1. The first-order valence-electron chi connectivity index (χ1n) is 11.6. The van der Waals surface area contributed by atoms with Gasteiger partial charge in [0.1, 0.15) is 30.5 Å². The monoisotopic (exact) mass is 467 g/mol. The highest BCUT2D eigenvalue weighted by atomic mass is 16.5. The van der Waals surface area contributed by atoms with Crippen molar-refractivity contribution in [2.75, 3.05) is 26.4 Å². The van der Waals surface area contributed by atoms with Crippen molar-refractivity contribution < 1.29 is 28.5 Å². The Balaban J connectivity index is 1.68. The van der Waals surface area contributed by atoms with Crippen LogP contribution in [0.5, 0.6) is 17.2 Å². The molecule has 0 saturated heterocycles. The Morgan fingerprint density at radius 3 is 2.56 bits per heavy atom. The lowest BCUT2D eigenvalue weighted by molar-refractivity contribution is 0.0590. The highest BCUT2D eigenvalue weighted by molar-refractivity contribution is 5.76. The summed E-state index contributed by atoms with van der Waals surface area (Å²) in [7, 11) is 0. The molecule has 7 heteroatoms. The predicted molar refractivity (Wildman–Crippen MR) is 130 cm³/mol. The zero-order valence-corrected chi connectivity index (χ0v) is 19.8. The standard InChI is InChI=1S/C27H33NO6/c1-3-13-33-25-10-6-5-8-22(25)16-28(18-24-9-7-14-32-24)17-23(30)20-34-26-12-11-21(19-29)15-27(26)31-4-2/h5-12,14-15,19,23,30H,3-4,13,16-18,20H2,1-2H3. The van der Waals surface area contributed by atoms with Gasteiger partial charge in [-0.25, -0.2) is 0 Å². The molecule has 3 rings (SSSR count). The second kappa shape index (κ2) is 13.4. The molecule has 1 heterocycles. The van der Waals surface area contributed by atoms with Crippen molar-refractivity contribution in [3.05, 3.63) is 77.7 Å². The summed E-state index contributed by atoms with van der Waals surface area (Å²) in [5.41, 5.74) is 1.55. The third-order valence-electron chi connectivity index (χ3n) is 5.09. The molecule has 0 aliphatic rings. The number of nitrogens with zero attached hydrogens (tertiary/aromatic N) is 1. The Bertz CT molecular complexity index is 1000. The average molecular weight is 468 g/mol. The van der Waals surface area contributed by atoms with Crippen molar-refractivity contribution in [2.24, 2.45) is 0 Å². The van der Waals surface area contributed by atoms with Crippen molar-refractivity contribution in [3.8, 4) is 17.2 Å². The van der Waals surface area contributed by atoms with Gasteiger partial charge in [0.25, 0.3) is 0 Å². The molecule has 1 atom stereocenters. The number of para-hydroxylation sites is 1. The molecule has 182 valence electrons. The molecule has 1 N–H and O–H groups in total. The molecule has 0 aliphatic carbocycles. The number of furan rings is 1. The molecule has 0 bridgehead atoms. The van der Waals surface area contributed by atoms with E-state index in [-0.39, 0.29) is 6.61 Å². The lowest BCUT2D eigenvalue weighted by Crippen LogP contribution is -2.35. The number of aldehydes is 1.